The summed E-state index contributed by atoms with van der Waals surface area (Å²) < 4.78 is 32.6. The first-order valence-electron chi connectivity index (χ1n) is 19.7. The van der Waals surface area contributed by atoms with Gasteiger partial charge in [-0.05, 0) is 55.4 Å². The number of ether oxygens (including phenoxy) is 6. The number of amides is 3. The monoisotopic (exact) mass is 863 g/mol. The lowest BCUT2D eigenvalue weighted by atomic mass is 9.98. The minimum Gasteiger partial charge on any atom is -0.450 e. The van der Waals surface area contributed by atoms with Crippen LogP contribution in [0.1, 0.15) is 55.7 Å². The lowest BCUT2D eigenvalue weighted by Gasteiger charge is -2.22. The smallest absolute Gasteiger partial charge is 0.407 e. The second kappa shape index (κ2) is 24.8. The topological polar surface area (TPSA) is 210 Å². The van der Waals surface area contributed by atoms with Crippen molar-refractivity contribution in [3.63, 3.8) is 0 Å². The summed E-state index contributed by atoms with van der Waals surface area (Å²) in [6, 6.07) is 16.4. The van der Waals surface area contributed by atoms with Crippen LogP contribution in [0.15, 0.2) is 61.1 Å². The Hall–Kier alpha value is -5.19. The van der Waals surface area contributed by atoms with Gasteiger partial charge in [-0.15, -0.1) is 0 Å². The van der Waals surface area contributed by atoms with Gasteiger partial charge in [-0.25, -0.2) is 24.4 Å². The van der Waals surface area contributed by atoms with Crippen LogP contribution in [0.3, 0.4) is 0 Å². The van der Waals surface area contributed by atoms with E-state index in [1.807, 2.05) is 24.3 Å². The third-order valence-electron chi connectivity index (χ3n) is 9.06. The maximum atomic E-state index is 12.3. The molecule has 0 fully saturated rings. The van der Waals surface area contributed by atoms with Crippen molar-refractivity contribution in [2.45, 2.75) is 43.8 Å². The lowest BCUT2D eigenvalue weighted by Crippen LogP contribution is -2.30. The predicted molar refractivity (Wildman–Crippen MR) is 233 cm³/mol. The molecule has 3 amide bonds. The Kier molecular flexibility index (Phi) is 19.0. The van der Waals surface area contributed by atoms with Crippen molar-refractivity contribution >= 4 is 56.7 Å². The van der Waals surface area contributed by atoms with Crippen LogP contribution in [0.4, 0.5) is 20.2 Å². The first-order chi connectivity index (χ1) is 29.2. The molecular formula is C42H53N7O9S2. The number of benzene rings is 2. The van der Waals surface area contributed by atoms with Crippen LogP contribution in [-0.2, 0) is 28.4 Å². The summed E-state index contributed by atoms with van der Waals surface area (Å²) in [6.07, 6.45) is 3.64. The van der Waals surface area contributed by atoms with Gasteiger partial charge in [-0.2, -0.15) is 0 Å². The molecule has 0 aliphatic heterocycles. The number of nitrogens with zero attached hydrogens (tertiary/aromatic N) is 2. The number of aromatic amines is 1. The maximum Gasteiger partial charge on any atom is 0.407 e. The highest BCUT2D eigenvalue weighted by Gasteiger charge is 2.29. The van der Waals surface area contributed by atoms with Crippen molar-refractivity contribution in [2.75, 3.05) is 84.2 Å². The zero-order chi connectivity index (χ0) is 42.4. The minimum absolute atomic E-state index is 0.0116. The van der Waals surface area contributed by atoms with Gasteiger partial charge < -0.3 is 55.1 Å². The van der Waals surface area contributed by atoms with Crippen molar-refractivity contribution in [3.8, 4) is 23.0 Å². The number of fused-ring (bicyclic) bond motifs is 4. The van der Waals surface area contributed by atoms with E-state index < -0.39 is 18.3 Å². The van der Waals surface area contributed by atoms with Gasteiger partial charge in [0.2, 0.25) is 0 Å². The third-order valence-corrected chi connectivity index (χ3v) is 12.1. The van der Waals surface area contributed by atoms with E-state index in [2.05, 4.69) is 80.9 Å². The fraction of sp³-hybridized carbons (Fsp3) is 0.452. The van der Waals surface area contributed by atoms with Crippen LogP contribution in [0, 0.1) is 11.8 Å². The van der Waals surface area contributed by atoms with Crippen LogP contribution in [0.25, 0.3) is 22.2 Å². The van der Waals surface area contributed by atoms with Gasteiger partial charge in [0.05, 0.1) is 57.1 Å². The second-order valence-corrected chi connectivity index (χ2v) is 16.9. The quantitative estimate of drug-likeness (QED) is 0.0174. The number of rotatable bonds is 24. The zero-order valence-corrected chi connectivity index (χ0v) is 35.6. The number of carbonyl (C=O) groups is 3. The number of nitrogen functional groups attached to an aromatic ring is 1. The highest BCUT2D eigenvalue weighted by molar-refractivity contribution is 8.77. The fourth-order valence-electron chi connectivity index (χ4n) is 6.04. The van der Waals surface area contributed by atoms with Crippen LogP contribution < -0.4 is 21.7 Å². The number of hydrogen-bond acceptors (Lipinski definition) is 14. The number of hydrogen-bond donors (Lipinski definition) is 5. The summed E-state index contributed by atoms with van der Waals surface area (Å²) in [6.45, 7) is 7.60. The number of unbranched alkanes of at least 4 members (excludes halogenated alkanes) is 1. The molecule has 6 N–H and O–H groups in total. The number of aromatic nitrogens is 3. The SMILES string of the molecule is CC(C)(CCOC(=O)NCCOCCOCCNC(=O)OCC1c2ccccc2-c2ccccc21)SSCOCCCCOC(=O)NCC#Cc1c[nH]c2ncnc(N)c12. The van der Waals surface area contributed by atoms with Crippen LogP contribution in [0.5, 0.6) is 0 Å². The molecule has 2 aromatic heterocycles. The van der Waals surface area contributed by atoms with Gasteiger partial charge in [0, 0.05) is 36.6 Å². The predicted octanol–water partition coefficient (Wildman–Crippen LogP) is 6.22. The number of nitrogens with two attached hydrogens (primary N) is 1. The molecule has 0 saturated carbocycles. The lowest BCUT2D eigenvalue weighted by molar-refractivity contribution is 0.0487. The second-order valence-electron chi connectivity index (χ2n) is 14.0. The summed E-state index contributed by atoms with van der Waals surface area (Å²) >= 11 is 0. The maximum absolute atomic E-state index is 12.3. The minimum atomic E-state index is -0.535. The van der Waals surface area contributed by atoms with E-state index in [0.717, 1.165) is 6.42 Å². The molecule has 5 rings (SSSR count). The van der Waals surface area contributed by atoms with Crippen molar-refractivity contribution in [3.05, 3.63) is 77.7 Å². The average Bonchev–Trinajstić information content (AvgIpc) is 3.81. The van der Waals surface area contributed by atoms with E-state index in [0.29, 0.717) is 87.3 Å². The van der Waals surface area contributed by atoms with E-state index in [4.69, 9.17) is 34.2 Å². The van der Waals surface area contributed by atoms with Gasteiger partial charge in [0.25, 0.3) is 0 Å². The molecular weight excluding hydrogens is 811 g/mol. The van der Waals surface area contributed by atoms with E-state index in [-0.39, 0.29) is 37.0 Å². The number of alkyl carbamates (subject to hydrolysis) is 3. The Labute approximate surface area is 357 Å². The molecule has 4 aromatic rings. The molecule has 1 aliphatic carbocycles. The van der Waals surface area contributed by atoms with Crippen molar-refractivity contribution in [1.82, 2.24) is 30.9 Å². The van der Waals surface area contributed by atoms with Crippen LogP contribution in [0.2, 0.25) is 0 Å². The van der Waals surface area contributed by atoms with E-state index in [1.54, 1.807) is 27.8 Å². The first-order valence-corrected chi connectivity index (χ1v) is 22.0. The van der Waals surface area contributed by atoms with Gasteiger partial charge in [-0.3, -0.25) is 0 Å². The number of anilines is 1. The van der Waals surface area contributed by atoms with Crippen molar-refractivity contribution in [1.29, 1.82) is 0 Å². The summed E-state index contributed by atoms with van der Waals surface area (Å²) in [5, 5.41) is 8.66. The van der Waals surface area contributed by atoms with Crippen LogP contribution >= 0.6 is 21.6 Å². The van der Waals surface area contributed by atoms with Crippen molar-refractivity contribution in [2.24, 2.45) is 0 Å². The average molecular weight is 864 g/mol. The van der Waals surface area contributed by atoms with Crippen molar-refractivity contribution < 1.29 is 42.8 Å². The highest BCUT2D eigenvalue weighted by atomic mass is 33.1. The third kappa shape index (κ3) is 15.1. The normalized spacial score (nSPS) is 11.9. The molecule has 2 heterocycles. The summed E-state index contributed by atoms with van der Waals surface area (Å²) in [7, 11) is 3.26. The molecule has 322 valence electrons. The molecule has 0 atom stereocenters. The summed E-state index contributed by atoms with van der Waals surface area (Å²) in [5.41, 5.74) is 11.9. The molecule has 18 heteroatoms. The zero-order valence-electron chi connectivity index (χ0n) is 33.9. The van der Waals surface area contributed by atoms with Gasteiger partial charge in [0.1, 0.15) is 30.3 Å². The first kappa shape index (κ1) is 45.9. The number of nitrogens with one attached hydrogen (secondary N) is 4. The molecule has 0 bridgehead atoms. The Balaban J connectivity index is 0.765. The summed E-state index contributed by atoms with van der Waals surface area (Å²) in [5.74, 6) is 6.67. The fourth-order valence-corrected chi connectivity index (χ4v) is 8.32. The Morgan fingerprint density at radius 3 is 2.13 bits per heavy atom. The molecule has 1 aliphatic rings. The molecule has 2 aromatic carbocycles. The van der Waals surface area contributed by atoms with Gasteiger partial charge in [-0.1, -0.05) is 82.0 Å². The van der Waals surface area contributed by atoms with E-state index in [1.165, 1.54) is 28.6 Å². The molecule has 0 saturated heterocycles. The Morgan fingerprint density at radius 1 is 0.783 bits per heavy atom. The van der Waals surface area contributed by atoms with E-state index in [9.17, 15) is 14.4 Å². The number of carbonyl (C=O) groups excluding carboxylic acids is 3. The Morgan fingerprint density at radius 2 is 1.42 bits per heavy atom. The molecule has 0 unspecified atom stereocenters. The van der Waals surface area contributed by atoms with Crippen LogP contribution in [-0.4, -0.2) is 116 Å². The largest absolute Gasteiger partial charge is 0.450 e. The van der Waals surface area contributed by atoms with Gasteiger partial charge >= 0.3 is 18.3 Å². The Bertz CT molecular complexity index is 2010. The summed E-state index contributed by atoms with van der Waals surface area (Å²) in [4.78, 5) is 47.3. The standard InChI is InChI=1S/C42H53N7O9S2/c1-42(2,60-59-29-55-19-7-8-20-56-39(50)44-16-9-10-30-26-47-38-36(30)37(43)48-28-49-38)15-21-57-40(51)45-17-22-53-24-25-54-23-18-46-41(52)58-27-35-33-13-5-3-11-31(33)32-12-4-6-14-34(32)35/h3-6,11-14,26,28,35H,7-8,15-25,27,29H2,1-2H3,(H,44,50)(H,45,51)(H,46,52)(H3,43,47,48,49). The molecule has 16 nitrogen and oxygen atoms in total. The van der Waals surface area contributed by atoms with Gasteiger partial charge in [0.15, 0.2) is 0 Å². The molecule has 0 spiro atoms. The van der Waals surface area contributed by atoms with E-state index >= 15 is 0 Å². The molecule has 0 radical (unpaired) electrons. The number of H-pyrrole nitrogens is 1. The highest BCUT2D eigenvalue weighted by Crippen LogP contribution is 2.44. The molecule has 60 heavy (non-hydrogen) atoms.